The zero-order valence-electron chi connectivity index (χ0n) is 19.1. The van der Waals surface area contributed by atoms with Gasteiger partial charge in [0.15, 0.2) is 0 Å². The molecule has 2 aliphatic heterocycles. The van der Waals surface area contributed by atoms with Gasteiger partial charge in [0.25, 0.3) is 0 Å². The molecule has 1 amide bonds. The Morgan fingerprint density at radius 2 is 2.12 bits per heavy atom. The number of nitrogens with zero attached hydrogens (tertiary/aromatic N) is 4. The monoisotopic (exact) mass is 445 g/mol. The van der Waals surface area contributed by atoms with Gasteiger partial charge in [-0.05, 0) is 42.7 Å². The summed E-state index contributed by atoms with van der Waals surface area (Å²) >= 11 is 0. The number of pyridine rings is 1. The molecule has 2 atom stereocenters. The molecule has 3 aromatic rings. The summed E-state index contributed by atoms with van der Waals surface area (Å²) in [5, 5.41) is 3.43. The maximum atomic E-state index is 12.6. The number of likely N-dealkylation sites (tertiary alicyclic amines) is 1. The van der Waals surface area contributed by atoms with Crippen molar-refractivity contribution in [3.8, 4) is 5.75 Å². The van der Waals surface area contributed by atoms with Gasteiger partial charge in [0.05, 0.1) is 25.5 Å². The zero-order valence-corrected chi connectivity index (χ0v) is 19.1. The van der Waals surface area contributed by atoms with Crippen molar-refractivity contribution in [2.75, 3.05) is 20.2 Å². The number of rotatable bonds is 6. The van der Waals surface area contributed by atoms with Crippen LogP contribution in [0, 0.1) is 0 Å². The molecule has 1 N–H and O–H groups in total. The van der Waals surface area contributed by atoms with Crippen molar-refractivity contribution in [2.45, 2.75) is 50.2 Å². The van der Waals surface area contributed by atoms with E-state index in [2.05, 4.69) is 44.5 Å². The maximum absolute atomic E-state index is 12.6. The van der Waals surface area contributed by atoms with Crippen molar-refractivity contribution in [1.82, 2.24) is 24.8 Å². The summed E-state index contributed by atoms with van der Waals surface area (Å²) in [7, 11) is 1.71. The number of amides is 1. The maximum Gasteiger partial charge on any atom is 0.220 e. The van der Waals surface area contributed by atoms with Crippen molar-refractivity contribution in [2.24, 2.45) is 0 Å². The third kappa shape index (κ3) is 4.64. The van der Waals surface area contributed by atoms with Crippen LogP contribution >= 0.6 is 0 Å². The molecule has 7 heteroatoms. The highest BCUT2D eigenvalue weighted by Gasteiger charge is 2.49. The minimum absolute atomic E-state index is 0.169. The van der Waals surface area contributed by atoms with Gasteiger partial charge < -0.3 is 14.6 Å². The second-order valence-electron chi connectivity index (χ2n) is 9.27. The van der Waals surface area contributed by atoms with E-state index in [1.54, 1.807) is 13.3 Å². The fourth-order valence-corrected chi connectivity index (χ4v) is 5.48. The first-order valence-electron chi connectivity index (χ1n) is 11.7. The number of carbonyl (C=O) groups is 1. The molecule has 2 aromatic heterocycles. The summed E-state index contributed by atoms with van der Waals surface area (Å²) in [6, 6.07) is 12.5. The lowest BCUT2D eigenvalue weighted by atomic mass is 9.81. The molecule has 0 saturated carbocycles. The van der Waals surface area contributed by atoms with E-state index in [9.17, 15) is 4.79 Å². The number of ether oxygens (including phenoxy) is 1. The SMILES string of the molecule is COc1ccc(CN2C[C@@H](c3ccccn3)[C@@]3(CCCCC(=O)N3)C2)cc1Cn1ccnc1. The number of hydrogen-bond donors (Lipinski definition) is 1. The van der Waals surface area contributed by atoms with Crippen LogP contribution in [-0.4, -0.2) is 51.1 Å². The largest absolute Gasteiger partial charge is 0.496 e. The van der Waals surface area contributed by atoms with E-state index >= 15 is 0 Å². The summed E-state index contributed by atoms with van der Waals surface area (Å²) in [4.78, 5) is 23.9. The summed E-state index contributed by atoms with van der Waals surface area (Å²) in [6.45, 7) is 3.25. The second kappa shape index (κ2) is 9.35. The Morgan fingerprint density at radius 1 is 1.18 bits per heavy atom. The van der Waals surface area contributed by atoms with Gasteiger partial charge in [-0.25, -0.2) is 4.98 Å². The lowest BCUT2D eigenvalue weighted by molar-refractivity contribution is -0.122. The van der Waals surface area contributed by atoms with Crippen LogP contribution in [0.4, 0.5) is 0 Å². The number of hydrogen-bond acceptors (Lipinski definition) is 5. The Kier molecular flexibility index (Phi) is 6.13. The normalized spacial score (nSPS) is 23.4. The van der Waals surface area contributed by atoms with Gasteiger partial charge in [-0.15, -0.1) is 0 Å². The molecule has 0 unspecified atom stereocenters. The molecule has 0 radical (unpaired) electrons. The van der Waals surface area contributed by atoms with E-state index in [4.69, 9.17) is 4.74 Å². The number of benzene rings is 1. The fraction of sp³-hybridized carbons (Fsp3) is 0.423. The van der Waals surface area contributed by atoms with E-state index in [-0.39, 0.29) is 17.4 Å². The molecule has 7 nitrogen and oxygen atoms in total. The quantitative estimate of drug-likeness (QED) is 0.630. The zero-order chi connectivity index (χ0) is 22.7. The van der Waals surface area contributed by atoms with Gasteiger partial charge in [-0.2, -0.15) is 0 Å². The summed E-state index contributed by atoms with van der Waals surface area (Å²) < 4.78 is 7.65. The van der Waals surface area contributed by atoms with Crippen LogP contribution < -0.4 is 10.1 Å². The molecule has 2 saturated heterocycles. The highest BCUT2D eigenvalue weighted by atomic mass is 16.5. The van der Waals surface area contributed by atoms with Gasteiger partial charge in [0.2, 0.25) is 5.91 Å². The highest BCUT2D eigenvalue weighted by Crippen LogP contribution is 2.40. The molecular weight excluding hydrogens is 414 g/mol. The average Bonchev–Trinajstić information content (AvgIpc) is 3.41. The second-order valence-corrected chi connectivity index (χ2v) is 9.27. The Balaban J connectivity index is 1.40. The van der Waals surface area contributed by atoms with Crippen molar-refractivity contribution in [1.29, 1.82) is 0 Å². The van der Waals surface area contributed by atoms with E-state index in [1.165, 1.54) is 5.56 Å². The molecule has 2 fully saturated rings. The molecular formula is C26H31N5O2. The lowest BCUT2D eigenvalue weighted by Crippen LogP contribution is -2.52. The minimum Gasteiger partial charge on any atom is -0.496 e. The number of nitrogens with one attached hydrogen (secondary N) is 1. The van der Waals surface area contributed by atoms with Crippen LogP contribution in [0.5, 0.6) is 5.75 Å². The first kappa shape index (κ1) is 21.6. The number of aromatic nitrogens is 3. The van der Waals surface area contributed by atoms with E-state index in [0.29, 0.717) is 13.0 Å². The van der Waals surface area contributed by atoms with Gasteiger partial charge in [0, 0.05) is 61.8 Å². The number of imidazole rings is 1. The van der Waals surface area contributed by atoms with Crippen molar-refractivity contribution < 1.29 is 9.53 Å². The Labute approximate surface area is 194 Å². The van der Waals surface area contributed by atoms with Crippen LogP contribution in [0.2, 0.25) is 0 Å². The van der Waals surface area contributed by atoms with Gasteiger partial charge in [-0.1, -0.05) is 18.6 Å². The van der Waals surface area contributed by atoms with Gasteiger partial charge >= 0.3 is 0 Å². The Morgan fingerprint density at radius 3 is 2.91 bits per heavy atom. The smallest absolute Gasteiger partial charge is 0.220 e. The minimum atomic E-state index is -0.256. The first-order valence-corrected chi connectivity index (χ1v) is 11.7. The topological polar surface area (TPSA) is 72.3 Å². The van der Waals surface area contributed by atoms with Crippen molar-refractivity contribution >= 4 is 5.91 Å². The van der Waals surface area contributed by atoms with Crippen LogP contribution in [0.15, 0.2) is 61.3 Å². The summed E-state index contributed by atoms with van der Waals surface area (Å²) in [5.41, 5.74) is 3.18. The number of methoxy groups -OCH3 is 1. The van der Waals surface area contributed by atoms with E-state index in [1.807, 2.05) is 35.4 Å². The molecule has 1 aromatic carbocycles. The average molecular weight is 446 g/mol. The fourth-order valence-electron chi connectivity index (χ4n) is 5.48. The highest BCUT2D eigenvalue weighted by molar-refractivity contribution is 5.77. The van der Waals surface area contributed by atoms with Crippen LogP contribution in [0.3, 0.4) is 0 Å². The summed E-state index contributed by atoms with van der Waals surface area (Å²) in [5.74, 6) is 1.24. The summed E-state index contributed by atoms with van der Waals surface area (Å²) in [6.07, 6.45) is 11.1. The van der Waals surface area contributed by atoms with E-state index < -0.39 is 0 Å². The third-order valence-corrected chi connectivity index (χ3v) is 6.99. The lowest BCUT2D eigenvalue weighted by Gasteiger charge is -2.34. The van der Waals surface area contributed by atoms with Crippen LogP contribution in [-0.2, 0) is 17.9 Å². The molecule has 33 heavy (non-hydrogen) atoms. The van der Waals surface area contributed by atoms with Gasteiger partial charge in [-0.3, -0.25) is 14.7 Å². The van der Waals surface area contributed by atoms with Crippen LogP contribution in [0.1, 0.15) is 48.4 Å². The molecule has 2 aliphatic rings. The number of carbonyl (C=O) groups excluding carboxylic acids is 1. The van der Waals surface area contributed by atoms with Crippen molar-refractivity contribution in [3.63, 3.8) is 0 Å². The predicted octanol–water partition coefficient (Wildman–Crippen LogP) is 3.36. The van der Waals surface area contributed by atoms with Crippen molar-refractivity contribution in [3.05, 3.63) is 78.1 Å². The molecule has 4 heterocycles. The molecule has 0 aliphatic carbocycles. The molecule has 1 spiro atoms. The molecule has 0 bridgehead atoms. The van der Waals surface area contributed by atoms with Gasteiger partial charge in [0.1, 0.15) is 5.75 Å². The standard InChI is InChI=1S/C26H31N5O2/c1-33-24-9-8-20(14-21(24)16-30-13-12-27-19-30)15-31-17-22(23-6-3-5-11-28-23)26(18-31)10-4-2-7-25(32)29-26/h3,5-6,8-9,11-14,19,22H,2,4,7,10,15-18H2,1H3,(H,29,32)/t22-,26+/m0/s1. The predicted molar refractivity (Wildman–Crippen MR) is 126 cm³/mol. The van der Waals surface area contributed by atoms with Crippen LogP contribution in [0.25, 0.3) is 0 Å². The van der Waals surface area contributed by atoms with E-state index in [0.717, 1.165) is 55.9 Å². The molecule has 5 rings (SSSR count). The first-order chi connectivity index (χ1) is 16.1. The third-order valence-electron chi connectivity index (χ3n) is 6.99. The molecule has 172 valence electrons. The Hall–Kier alpha value is -3.19. The Bertz CT molecular complexity index is 1090.